The van der Waals surface area contributed by atoms with Gasteiger partial charge in [-0.2, -0.15) is 13.2 Å². The van der Waals surface area contributed by atoms with E-state index in [1.54, 1.807) is 0 Å². The highest BCUT2D eigenvalue weighted by Gasteiger charge is 2.35. The zero-order valence-corrected chi connectivity index (χ0v) is 13.0. The number of alkyl halides is 3. The Hall–Kier alpha value is -1.54. The fourth-order valence-electron chi connectivity index (χ4n) is 2.56. The van der Waals surface area contributed by atoms with Gasteiger partial charge in [0.1, 0.15) is 11.2 Å². The SMILES string of the molecule is O=C(NCCO)C1CCN(c2[nH+]cc(C(F)(F)F)cc2Cl)CC1. The van der Waals surface area contributed by atoms with Crippen molar-refractivity contribution in [2.45, 2.75) is 19.0 Å². The van der Waals surface area contributed by atoms with Crippen LogP contribution in [-0.2, 0) is 11.0 Å². The van der Waals surface area contributed by atoms with Crippen LogP contribution in [0.4, 0.5) is 19.0 Å². The second-order valence-corrected chi connectivity index (χ2v) is 5.77. The first-order chi connectivity index (χ1) is 10.8. The molecule has 3 N–H and O–H groups in total. The van der Waals surface area contributed by atoms with E-state index in [9.17, 15) is 18.0 Å². The topological polar surface area (TPSA) is 66.7 Å². The van der Waals surface area contributed by atoms with Crippen LogP contribution < -0.4 is 15.2 Å². The average Bonchev–Trinajstić information content (AvgIpc) is 2.52. The van der Waals surface area contributed by atoms with E-state index in [0.29, 0.717) is 31.7 Å². The molecule has 1 aromatic rings. The summed E-state index contributed by atoms with van der Waals surface area (Å²) in [6.07, 6.45) is -2.41. The van der Waals surface area contributed by atoms with Gasteiger partial charge in [-0.25, -0.2) is 4.98 Å². The Labute approximate surface area is 136 Å². The number of aliphatic hydroxyl groups excluding tert-OH is 1. The summed E-state index contributed by atoms with van der Waals surface area (Å²) in [5.41, 5.74) is -0.829. The summed E-state index contributed by atoms with van der Waals surface area (Å²) in [5.74, 6) is 0.154. The molecule has 1 fully saturated rings. The molecule has 0 bridgehead atoms. The number of H-pyrrole nitrogens is 1. The summed E-state index contributed by atoms with van der Waals surface area (Å²) < 4.78 is 37.9. The first-order valence-corrected chi connectivity index (χ1v) is 7.62. The van der Waals surface area contributed by atoms with E-state index >= 15 is 0 Å². The number of halogens is 4. The van der Waals surface area contributed by atoms with Crippen molar-refractivity contribution in [2.75, 3.05) is 31.1 Å². The first-order valence-electron chi connectivity index (χ1n) is 7.25. The Morgan fingerprint density at radius 1 is 1.43 bits per heavy atom. The molecule has 0 saturated carbocycles. The lowest BCUT2D eigenvalue weighted by atomic mass is 9.96. The van der Waals surface area contributed by atoms with Gasteiger partial charge in [-0.15, -0.1) is 0 Å². The van der Waals surface area contributed by atoms with E-state index < -0.39 is 11.7 Å². The maximum Gasteiger partial charge on any atom is 0.419 e. The number of amides is 1. The zero-order valence-electron chi connectivity index (χ0n) is 12.3. The maximum absolute atomic E-state index is 12.6. The average molecular weight is 353 g/mol. The van der Waals surface area contributed by atoms with Crippen LogP contribution in [0.3, 0.4) is 0 Å². The van der Waals surface area contributed by atoms with Crippen LogP contribution in [0.25, 0.3) is 0 Å². The largest absolute Gasteiger partial charge is 0.419 e. The van der Waals surface area contributed by atoms with Crippen molar-refractivity contribution >= 4 is 23.3 Å². The minimum absolute atomic E-state index is 0.00278. The number of aromatic amines is 1. The van der Waals surface area contributed by atoms with Gasteiger partial charge in [0.05, 0.1) is 25.3 Å². The van der Waals surface area contributed by atoms with Crippen LogP contribution in [0.5, 0.6) is 0 Å². The fourth-order valence-corrected chi connectivity index (χ4v) is 2.85. The molecule has 1 saturated heterocycles. The van der Waals surface area contributed by atoms with E-state index in [4.69, 9.17) is 16.7 Å². The monoisotopic (exact) mass is 352 g/mol. The number of hydrogen-bond donors (Lipinski definition) is 2. The lowest BCUT2D eigenvalue weighted by Gasteiger charge is -2.27. The summed E-state index contributed by atoms with van der Waals surface area (Å²) in [4.78, 5) is 16.3. The lowest BCUT2D eigenvalue weighted by molar-refractivity contribution is -0.367. The highest BCUT2D eigenvalue weighted by molar-refractivity contribution is 6.32. The van der Waals surface area contributed by atoms with Crippen LogP contribution in [0.1, 0.15) is 18.4 Å². The predicted octanol–water partition coefficient (Wildman–Crippen LogP) is 1.50. The number of hydrogen-bond acceptors (Lipinski definition) is 3. The van der Waals surface area contributed by atoms with E-state index in [1.165, 1.54) is 0 Å². The Kier molecular flexibility index (Phi) is 5.69. The lowest BCUT2D eigenvalue weighted by Crippen LogP contribution is -2.43. The summed E-state index contributed by atoms with van der Waals surface area (Å²) in [6.45, 7) is 1.13. The van der Waals surface area contributed by atoms with Crippen molar-refractivity contribution in [3.8, 4) is 0 Å². The summed E-state index contributed by atoms with van der Waals surface area (Å²) in [5, 5.41) is 11.3. The van der Waals surface area contributed by atoms with Crippen molar-refractivity contribution in [1.82, 2.24) is 5.32 Å². The van der Waals surface area contributed by atoms with Gasteiger partial charge < -0.3 is 10.4 Å². The molecule has 9 heteroatoms. The van der Waals surface area contributed by atoms with Crippen LogP contribution >= 0.6 is 11.6 Å². The number of piperidine rings is 1. The summed E-state index contributed by atoms with van der Waals surface area (Å²) >= 11 is 5.96. The van der Waals surface area contributed by atoms with Gasteiger partial charge >= 0.3 is 6.18 Å². The second-order valence-electron chi connectivity index (χ2n) is 5.36. The van der Waals surface area contributed by atoms with E-state index in [2.05, 4.69) is 10.3 Å². The van der Waals surface area contributed by atoms with Crippen LogP contribution in [0, 0.1) is 5.92 Å². The van der Waals surface area contributed by atoms with Crippen LogP contribution in [-0.4, -0.2) is 37.3 Å². The molecule has 0 radical (unpaired) electrons. The predicted molar refractivity (Wildman–Crippen MR) is 78.0 cm³/mol. The third-order valence-corrected chi connectivity index (χ3v) is 4.08. The van der Waals surface area contributed by atoms with Crippen molar-refractivity contribution in [3.05, 3.63) is 22.8 Å². The summed E-state index contributed by atoms with van der Waals surface area (Å²) in [7, 11) is 0. The van der Waals surface area contributed by atoms with Crippen LogP contribution in [0.2, 0.25) is 5.02 Å². The maximum atomic E-state index is 12.6. The van der Waals surface area contributed by atoms with Gasteiger partial charge in [-0.3, -0.25) is 9.69 Å². The highest BCUT2D eigenvalue weighted by Crippen LogP contribution is 2.33. The third kappa shape index (κ3) is 4.48. The van der Waals surface area contributed by atoms with Crippen molar-refractivity contribution < 1.29 is 28.1 Å². The normalized spacial score (nSPS) is 16.5. The molecule has 0 spiro atoms. The van der Waals surface area contributed by atoms with Gasteiger partial charge in [0.2, 0.25) is 5.91 Å². The van der Waals surface area contributed by atoms with Crippen molar-refractivity contribution in [1.29, 1.82) is 0 Å². The molecule has 23 heavy (non-hydrogen) atoms. The standard InChI is InChI=1S/C14H17ClF3N3O2/c15-11-7-10(14(16,17)18)8-20-12(11)21-4-1-9(2-5-21)13(23)19-3-6-22/h7-9,22H,1-6H2,(H,19,23)/p+1. The quantitative estimate of drug-likeness (QED) is 0.863. The van der Waals surface area contributed by atoms with Crippen molar-refractivity contribution in [2.24, 2.45) is 5.92 Å². The molecule has 2 heterocycles. The van der Waals surface area contributed by atoms with E-state index in [-0.39, 0.29) is 30.0 Å². The number of aliphatic hydroxyl groups is 1. The van der Waals surface area contributed by atoms with Gasteiger partial charge in [-0.1, -0.05) is 11.6 Å². The number of rotatable bonds is 4. The number of carbonyl (C=O) groups excluding carboxylic acids is 1. The third-order valence-electron chi connectivity index (χ3n) is 3.79. The highest BCUT2D eigenvalue weighted by atomic mass is 35.5. The molecule has 0 aromatic carbocycles. The Morgan fingerprint density at radius 2 is 2.09 bits per heavy atom. The van der Waals surface area contributed by atoms with Crippen LogP contribution in [0.15, 0.2) is 12.3 Å². The van der Waals surface area contributed by atoms with E-state index in [1.807, 2.05) is 4.90 Å². The summed E-state index contributed by atoms with van der Waals surface area (Å²) in [6, 6.07) is 0.896. The molecule has 0 unspecified atom stereocenters. The number of pyridine rings is 1. The molecule has 1 aliphatic heterocycles. The van der Waals surface area contributed by atoms with E-state index in [0.717, 1.165) is 12.3 Å². The Balaban J connectivity index is 1.99. The molecule has 1 amide bonds. The second kappa shape index (κ2) is 7.35. The number of nitrogens with zero attached hydrogens (tertiary/aromatic N) is 1. The molecule has 1 aliphatic rings. The minimum Gasteiger partial charge on any atom is -0.395 e. The van der Waals surface area contributed by atoms with Gasteiger partial charge in [0, 0.05) is 12.5 Å². The Morgan fingerprint density at radius 3 is 2.61 bits per heavy atom. The Bertz CT molecular complexity index is 561. The molecule has 5 nitrogen and oxygen atoms in total. The van der Waals surface area contributed by atoms with Crippen molar-refractivity contribution in [3.63, 3.8) is 0 Å². The number of nitrogens with one attached hydrogen (secondary N) is 2. The van der Waals surface area contributed by atoms with Gasteiger partial charge in [0.15, 0.2) is 0 Å². The molecule has 1 aromatic heterocycles. The first kappa shape index (κ1) is 17.8. The molecular formula is C14H18ClF3N3O2+. The molecule has 2 rings (SSSR count). The molecule has 128 valence electrons. The minimum atomic E-state index is -4.45. The van der Waals surface area contributed by atoms with Gasteiger partial charge in [-0.05, 0) is 18.9 Å². The number of anilines is 1. The smallest absolute Gasteiger partial charge is 0.395 e. The molecule has 0 aliphatic carbocycles. The number of aromatic nitrogens is 1. The molecule has 0 atom stereocenters. The zero-order chi connectivity index (χ0) is 17.0. The number of carbonyl (C=O) groups is 1. The molecular weight excluding hydrogens is 335 g/mol. The fraction of sp³-hybridized carbons (Fsp3) is 0.571. The van der Waals surface area contributed by atoms with Gasteiger partial charge in [0.25, 0.3) is 5.82 Å².